The van der Waals surface area contributed by atoms with E-state index < -0.39 is 10.8 Å². The molecule has 1 unspecified atom stereocenters. The summed E-state index contributed by atoms with van der Waals surface area (Å²) >= 11 is 5.99. The monoisotopic (exact) mass is 189 g/mol. The first-order chi connectivity index (χ1) is 5.61. The Balaban J connectivity index is 2.12. The van der Waals surface area contributed by atoms with Gasteiger partial charge in [-0.25, -0.2) is 0 Å². The van der Waals surface area contributed by atoms with E-state index in [9.17, 15) is 4.79 Å². The zero-order valence-electron chi connectivity index (χ0n) is 6.77. The molecule has 68 valence electrons. The lowest BCUT2D eigenvalue weighted by Crippen LogP contribution is -2.35. The van der Waals surface area contributed by atoms with E-state index in [1.165, 1.54) is 0 Å². The van der Waals surface area contributed by atoms with Crippen LogP contribution in [0.1, 0.15) is 19.3 Å². The zero-order chi connectivity index (χ0) is 8.82. The summed E-state index contributed by atoms with van der Waals surface area (Å²) in [5.41, 5.74) is -0.0916. The van der Waals surface area contributed by atoms with Crippen LogP contribution >= 0.6 is 11.6 Å². The van der Waals surface area contributed by atoms with Crippen molar-refractivity contribution in [2.75, 3.05) is 13.1 Å². The van der Waals surface area contributed by atoms with Gasteiger partial charge in [-0.1, -0.05) is 0 Å². The van der Waals surface area contributed by atoms with Crippen molar-refractivity contribution in [1.29, 1.82) is 0 Å². The molecule has 4 heteroatoms. The largest absolute Gasteiger partial charge is 0.480 e. The number of piperidine rings is 1. The average Bonchev–Trinajstić information content (AvgIpc) is 2.59. The molecule has 2 aliphatic rings. The van der Waals surface area contributed by atoms with Crippen LogP contribution in [0, 0.1) is 5.41 Å². The van der Waals surface area contributed by atoms with Crippen LogP contribution in [0.3, 0.4) is 0 Å². The molecule has 1 aliphatic carbocycles. The van der Waals surface area contributed by atoms with E-state index in [1.54, 1.807) is 0 Å². The van der Waals surface area contributed by atoms with Gasteiger partial charge in [0.2, 0.25) is 0 Å². The van der Waals surface area contributed by atoms with Crippen molar-refractivity contribution in [1.82, 2.24) is 5.32 Å². The number of carbonyl (C=O) groups is 1. The van der Waals surface area contributed by atoms with Crippen LogP contribution in [0.2, 0.25) is 0 Å². The first-order valence-electron chi connectivity index (χ1n) is 4.24. The van der Waals surface area contributed by atoms with Crippen molar-refractivity contribution in [2.24, 2.45) is 5.41 Å². The summed E-state index contributed by atoms with van der Waals surface area (Å²) in [5.74, 6) is -0.842. The Morgan fingerprint density at radius 1 is 1.42 bits per heavy atom. The quantitative estimate of drug-likeness (QED) is 0.601. The fourth-order valence-corrected chi connectivity index (χ4v) is 2.65. The summed E-state index contributed by atoms with van der Waals surface area (Å²) in [7, 11) is 0. The predicted molar refractivity (Wildman–Crippen MR) is 45.4 cm³/mol. The highest BCUT2D eigenvalue weighted by molar-refractivity contribution is 6.37. The summed E-state index contributed by atoms with van der Waals surface area (Å²) in [6.07, 6.45) is 2.46. The Morgan fingerprint density at radius 3 is 2.42 bits per heavy atom. The van der Waals surface area contributed by atoms with Gasteiger partial charge in [-0.3, -0.25) is 4.79 Å². The van der Waals surface area contributed by atoms with Gasteiger partial charge in [-0.05, 0) is 32.4 Å². The molecule has 2 N–H and O–H groups in total. The van der Waals surface area contributed by atoms with Gasteiger partial charge in [0.1, 0.15) is 4.87 Å². The van der Waals surface area contributed by atoms with Crippen molar-refractivity contribution < 1.29 is 9.90 Å². The summed E-state index contributed by atoms with van der Waals surface area (Å²) in [4.78, 5) is 9.87. The van der Waals surface area contributed by atoms with Gasteiger partial charge in [0.05, 0.1) is 0 Å². The third-order valence-electron chi connectivity index (χ3n) is 3.20. The number of carboxylic acids is 1. The van der Waals surface area contributed by atoms with Crippen LogP contribution < -0.4 is 5.32 Å². The van der Waals surface area contributed by atoms with Gasteiger partial charge in [-0.2, -0.15) is 0 Å². The fourth-order valence-electron chi connectivity index (χ4n) is 2.20. The Labute approximate surface area is 76.1 Å². The lowest BCUT2D eigenvalue weighted by atomic mass is 9.92. The van der Waals surface area contributed by atoms with Crippen LogP contribution in [0.4, 0.5) is 0 Å². The molecule has 0 aromatic heterocycles. The molecule has 1 saturated heterocycles. The third kappa shape index (κ3) is 0.896. The Bertz CT molecular complexity index is 225. The molecule has 0 radical (unpaired) electrons. The summed E-state index contributed by atoms with van der Waals surface area (Å²) < 4.78 is 0. The molecule has 2 fully saturated rings. The van der Waals surface area contributed by atoms with E-state index in [0.29, 0.717) is 6.42 Å². The Hall–Kier alpha value is -0.280. The standard InChI is InChI=1S/C8H12ClNO2/c9-8(6(11)12)5-7(8)1-3-10-4-2-7/h10H,1-5H2,(H,11,12). The van der Waals surface area contributed by atoms with Crippen molar-refractivity contribution >= 4 is 17.6 Å². The first kappa shape index (κ1) is 8.32. The first-order valence-corrected chi connectivity index (χ1v) is 4.62. The van der Waals surface area contributed by atoms with Gasteiger partial charge in [0.15, 0.2) is 0 Å². The van der Waals surface area contributed by atoms with E-state index in [2.05, 4.69) is 5.32 Å². The highest BCUT2D eigenvalue weighted by atomic mass is 35.5. The normalized spacial score (nSPS) is 38.1. The topological polar surface area (TPSA) is 49.3 Å². The molecule has 0 amide bonds. The molecule has 1 spiro atoms. The van der Waals surface area contributed by atoms with E-state index >= 15 is 0 Å². The summed E-state index contributed by atoms with van der Waals surface area (Å²) in [6.45, 7) is 1.81. The maximum absolute atomic E-state index is 10.8. The van der Waals surface area contributed by atoms with E-state index in [-0.39, 0.29) is 5.41 Å². The van der Waals surface area contributed by atoms with E-state index in [0.717, 1.165) is 25.9 Å². The number of hydrogen-bond donors (Lipinski definition) is 2. The highest BCUT2D eigenvalue weighted by Crippen LogP contribution is 2.65. The molecule has 0 aromatic carbocycles. The smallest absolute Gasteiger partial charge is 0.325 e. The summed E-state index contributed by atoms with van der Waals surface area (Å²) in [6, 6.07) is 0. The molecule has 1 aliphatic heterocycles. The molecule has 12 heavy (non-hydrogen) atoms. The van der Waals surface area contributed by atoms with Gasteiger partial charge in [-0.15, -0.1) is 11.6 Å². The van der Waals surface area contributed by atoms with E-state index in [4.69, 9.17) is 16.7 Å². The van der Waals surface area contributed by atoms with Crippen LogP contribution in [0.25, 0.3) is 0 Å². The summed E-state index contributed by atoms with van der Waals surface area (Å²) in [5, 5.41) is 12.1. The van der Waals surface area contributed by atoms with E-state index in [1.807, 2.05) is 0 Å². The number of carboxylic acid groups (broad SMARTS) is 1. The third-order valence-corrected chi connectivity index (χ3v) is 3.89. The Morgan fingerprint density at radius 2 is 2.00 bits per heavy atom. The lowest BCUT2D eigenvalue weighted by molar-refractivity contribution is -0.138. The molecule has 1 heterocycles. The van der Waals surface area contributed by atoms with Gasteiger partial charge >= 0.3 is 5.97 Å². The zero-order valence-corrected chi connectivity index (χ0v) is 7.52. The van der Waals surface area contributed by atoms with Gasteiger partial charge in [0.25, 0.3) is 0 Å². The minimum atomic E-state index is -0.935. The van der Waals surface area contributed by atoms with Gasteiger partial charge < -0.3 is 10.4 Å². The van der Waals surface area contributed by atoms with Crippen molar-refractivity contribution in [2.45, 2.75) is 24.1 Å². The fraction of sp³-hybridized carbons (Fsp3) is 0.875. The number of rotatable bonds is 1. The van der Waals surface area contributed by atoms with Crippen LogP contribution in [-0.2, 0) is 4.79 Å². The number of hydrogen-bond acceptors (Lipinski definition) is 2. The Kier molecular flexibility index (Phi) is 1.64. The number of nitrogens with one attached hydrogen (secondary N) is 1. The molecule has 1 atom stereocenters. The number of halogens is 1. The molecule has 3 nitrogen and oxygen atoms in total. The second kappa shape index (κ2) is 2.36. The highest BCUT2D eigenvalue weighted by Gasteiger charge is 2.71. The number of aliphatic carboxylic acids is 1. The number of alkyl halides is 1. The maximum atomic E-state index is 10.8. The van der Waals surface area contributed by atoms with Crippen molar-refractivity contribution in [3.05, 3.63) is 0 Å². The second-order valence-electron chi connectivity index (χ2n) is 3.81. The van der Waals surface area contributed by atoms with Gasteiger partial charge in [0, 0.05) is 5.41 Å². The molecule has 1 saturated carbocycles. The van der Waals surface area contributed by atoms with Crippen molar-refractivity contribution in [3.63, 3.8) is 0 Å². The molecular weight excluding hydrogens is 178 g/mol. The maximum Gasteiger partial charge on any atom is 0.325 e. The predicted octanol–water partition coefficient (Wildman–Crippen LogP) is 0.822. The average molecular weight is 190 g/mol. The minimum absolute atomic E-state index is 0.0916. The molecular formula is C8H12ClNO2. The van der Waals surface area contributed by atoms with Crippen LogP contribution in [0.15, 0.2) is 0 Å². The minimum Gasteiger partial charge on any atom is -0.480 e. The SMILES string of the molecule is O=C(O)C1(Cl)CC12CCNCC2. The van der Waals surface area contributed by atoms with Crippen LogP contribution in [0.5, 0.6) is 0 Å². The molecule has 0 bridgehead atoms. The molecule has 2 rings (SSSR count). The van der Waals surface area contributed by atoms with Crippen molar-refractivity contribution in [3.8, 4) is 0 Å². The van der Waals surface area contributed by atoms with Crippen LogP contribution in [-0.4, -0.2) is 29.0 Å². The molecule has 0 aromatic rings. The second-order valence-corrected chi connectivity index (χ2v) is 4.46. The lowest BCUT2D eigenvalue weighted by Gasteiger charge is -2.24.